The number of methoxy groups -OCH3 is 1. The van der Waals surface area contributed by atoms with Crippen molar-refractivity contribution in [3.63, 3.8) is 0 Å². The van der Waals surface area contributed by atoms with Crippen LogP contribution < -0.4 is 9.84 Å². The number of rotatable bonds is 4. The summed E-state index contributed by atoms with van der Waals surface area (Å²) < 4.78 is 9.86. The van der Waals surface area contributed by atoms with Gasteiger partial charge in [-0.15, -0.1) is 0 Å². The average Bonchev–Trinajstić information content (AvgIpc) is 2.26. The molecule has 0 fully saturated rings. The Labute approximate surface area is 100 Å². The van der Waals surface area contributed by atoms with E-state index < -0.39 is 6.16 Å². The first-order valence-electron chi connectivity index (χ1n) is 4.24. The lowest BCUT2D eigenvalue weighted by Crippen LogP contribution is -2.23. The Morgan fingerprint density at radius 2 is 2.25 bits per heavy atom. The summed E-state index contributed by atoms with van der Waals surface area (Å²) >= 11 is 3.17. The van der Waals surface area contributed by atoms with Gasteiger partial charge < -0.3 is 19.4 Å². The molecule has 6 heteroatoms. The fourth-order valence-electron chi connectivity index (χ4n) is 1.21. The van der Waals surface area contributed by atoms with Gasteiger partial charge in [0.2, 0.25) is 0 Å². The van der Waals surface area contributed by atoms with Gasteiger partial charge in [-0.3, -0.25) is 4.79 Å². The molecule has 0 aromatic heterocycles. The topological polar surface area (TPSA) is 75.7 Å². The summed E-state index contributed by atoms with van der Waals surface area (Å²) in [6.45, 7) is -0.293. The summed E-state index contributed by atoms with van der Waals surface area (Å²) in [4.78, 5) is 21.0. The lowest BCUT2D eigenvalue weighted by molar-refractivity contribution is -0.284. The van der Waals surface area contributed by atoms with Crippen LogP contribution in [-0.2, 0) is 11.3 Å². The van der Waals surface area contributed by atoms with Crippen molar-refractivity contribution < 1.29 is 24.2 Å². The van der Waals surface area contributed by atoms with Crippen molar-refractivity contribution in [2.45, 2.75) is 6.61 Å². The van der Waals surface area contributed by atoms with Gasteiger partial charge in [-0.2, -0.15) is 0 Å². The van der Waals surface area contributed by atoms with Crippen molar-refractivity contribution in [2.24, 2.45) is 0 Å². The molecule has 0 spiro atoms. The van der Waals surface area contributed by atoms with Crippen LogP contribution in [0.15, 0.2) is 16.6 Å². The largest absolute Gasteiger partial charge is 0.545 e. The highest BCUT2D eigenvalue weighted by molar-refractivity contribution is 9.10. The average molecular weight is 288 g/mol. The van der Waals surface area contributed by atoms with Crippen LogP contribution in [0.4, 0.5) is 4.79 Å². The van der Waals surface area contributed by atoms with Gasteiger partial charge in [-0.1, -0.05) is 15.9 Å². The van der Waals surface area contributed by atoms with Gasteiger partial charge in [-0.05, 0) is 12.1 Å². The summed E-state index contributed by atoms with van der Waals surface area (Å²) in [6.07, 6.45) is -1.06. The minimum absolute atomic E-state index is 0.292. The van der Waals surface area contributed by atoms with Crippen LogP contribution >= 0.6 is 15.9 Å². The number of halogens is 1. The van der Waals surface area contributed by atoms with Gasteiger partial charge >= 0.3 is 0 Å². The summed E-state index contributed by atoms with van der Waals surface area (Å²) in [7, 11) is 1.42. The second kappa shape index (κ2) is 5.50. The smallest absolute Gasteiger partial charge is 0.252 e. The molecule has 0 amide bonds. The number of carboxylic acid groups (broad SMARTS) is 1. The van der Waals surface area contributed by atoms with Crippen LogP contribution in [0, 0.1) is 0 Å². The molecule has 0 saturated carbocycles. The van der Waals surface area contributed by atoms with Gasteiger partial charge in [0.25, 0.3) is 6.16 Å². The highest BCUT2D eigenvalue weighted by Gasteiger charge is 2.11. The van der Waals surface area contributed by atoms with Crippen molar-refractivity contribution in [1.29, 1.82) is 0 Å². The van der Waals surface area contributed by atoms with E-state index >= 15 is 0 Å². The van der Waals surface area contributed by atoms with Crippen LogP contribution in [0.3, 0.4) is 0 Å². The number of ether oxygens (including phenoxy) is 2. The lowest BCUT2D eigenvalue weighted by Gasteiger charge is -2.14. The minimum atomic E-state index is -1.65. The van der Waals surface area contributed by atoms with E-state index in [0.29, 0.717) is 27.6 Å². The molecule has 0 unspecified atom stereocenters. The first-order chi connectivity index (χ1) is 7.60. The molecular formula is C10H8BrO5-. The van der Waals surface area contributed by atoms with Crippen molar-refractivity contribution in [2.75, 3.05) is 7.11 Å². The predicted molar refractivity (Wildman–Crippen MR) is 56.3 cm³/mol. The molecule has 0 atom stereocenters. The molecular weight excluding hydrogens is 280 g/mol. The van der Waals surface area contributed by atoms with E-state index in [0.717, 1.165) is 0 Å². The van der Waals surface area contributed by atoms with Crippen molar-refractivity contribution >= 4 is 28.4 Å². The first kappa shape index (κ1) is 12.5. The number of aldehydes is 1. The molecule has 0 bridgehead atoms. The van der Waals surface area contributed by atoms with Crippen LogP contribution in [0.2, 0.25) is 0 Å². The molecule has 0 aliphatic carbocycles. The molecule has 0 aliphatic rings. The molecule has 1 aromatic carbocycles. The Morgan fingerprint density at radius 1 is 1.56 bits per heavy atom. The van der Waals surface area contributed by atoms with Gasteiger partial charge in [0.1, 0.15) is 5.75 Å². The third-order valence-electron chi connectivity index (χ3n) is 1.93. The molecule has 0 aliphatic heterocycles. The molecule has 86 valence electrons. The van der Waals surface area contributed by atoms with Gasteiger partial charge in [-0.25, -0.2) is 0 Å². The van der Waals surface area contributed by atoms with Gasteiger partial charge in [0.05, 0.1) is 13.7 Å². The zero-order valence-corrected chi connectivity index (χ0v) is 9.94. The third kappa shape index (κ3) is 2.73. The molecule has 0 radical (unpaired) electrons. The van der Waals surface area contributed by atoms with E-state index in [4.69, 9.17) is 4.74 Å². The maximum atomic E-state index is 10.9. The SMILES string of the molecule is COc1ccc(Br)c(C=O)c1COC(=O)[O-]. The minimum Gasteiger partial charge on any atom is -0.545 e. The maximum Gasteiger partial charge on any atom is 0.252 e. The second-order valence-corrected chi connectivity index (χ2v) is 3.65. The maximum absolute atomic E-state index is 10.9. The third-order valence-corrected chi connectivity index (χ3v) is 2.62. The predicted octanol–water partition coefficient (Wildman–Crippen LogP) is 1.13. The Kier molecular flexibility index (Phi) is 4.30. The van der Waals surface area contributed by atoms with E-state index in [1.807, 2.05) is 0 Å². The standard InChI is InChI=1S/C10H9BrO5/c1-15-9-3-2-8(11)6(4-12)7(9)5-16-10(13)14/h2-4H,5H2,1H3,(H,13,14)/p-1. The van der Waals surface area contributed by atoms with Crippen LogP contribution in [0.5, 0.6) is 5.75 Å². The highest BCUT2D eigenvalue weighted by atomic mass is 79.9. The van der Waals surface area contributed by atoms with E-state index in [9.17, 15) is 14.7 Å². The number of carbonyl (C=O) groups excluding carboxylic acids is 2. The number of benzene rings is 1. The zero-order valence-electron chi connectivity index (χ0n) is 8.36. The molecule has 16 heavy (non-hydrogen) atoms. The second-order valence-electron chi connectivity index (χ2n) is 2.80. The van der Waals surface area contributed by atoms with Crippen LogP contribution in [0.1, 0.15) is 15.9 Å². The summed E-state index contributed by atoms with van der Waals surface area (Å²) in [6, 6.07) is 3.23. The Balaban J connectivity index is 3.14. The van der Waals surface area contributed by atoms with Crippen LogP contribution in [-0.4, -0.2) is 19.6 Å². The first-order valence-corrected chi connectivity index (χ1v) is 5.03. The van der Waals surface area contributed by atoms with Crippen molar-refractivity contribution in [1.82, 2.24) is 0 Å². The normalized spacial score (nSPS) is 9.62. The molecule has 0 saturated heterocycles. The Hall–Kier alpha value is -1.56. The molecule has 5 nitrogen and oxygen atoms in total. The van der Waals surface area contributed by atoms with E-state index in [1.54, 1.807) is 12.1 Å². The fourth-order valence-corrected chi connectivity index (χ4v) is 1.68. The number of hydrogen-bond donors (Lipinski definition) is 0. The molecule has 1 rings (SSSR count). The van der Waals surface area contributed by atoms with Crippen LogP contribution in [0.25, 0.3) is 0 Å². The van der Waals surface area contributed by atoms with E-state index in [2.05, 4.69) is 20.7 Å². The highest BCUT2D eigenvalue weighted by Crippen LogP contribution is 2.28. The number of carbonyl (C=O) groups is 2. The summed E-state index contributed by atoms with van der Waals surface area (Å²) in [5.41, 5.74) is 0.650. The van der Waals surface area contributed by atoms with Crippen molar-refractivity contribution in [3.8, 4) is 5.75 Å². The molecule has 1 aromatic rings. The monoisotopic (exact) mass is 287 g/mol. The lowest BCUT2D eigenvalue weighted by atomic mass is 10.1. The number of hydrogen-bond acceptors (Lipinski definition) is 5. The Bertz CT molecular complexity index is 416. The van der Waals surface area contributed by atoms with Gasteiger partial charge in [0, 0.05) is 15.6 Å². The van der Waals surface area contributed by atoms with Gasteiger partial charge in [0.15, 0.2) is 6.29 Å². The summed E-state index contributed by atoms with van der Waals surface area (Å²) in [5.74, 6) is 0.381. The molecule has 0 heterocycles. The van der Waals surface area contributed by atoms with E-state index in [1.165, 1.54) is 7.11 Å². The van der Waals surface area contributed by atoms with E-state index in [-0.39, 0.29) is 6.61 Å². The van der Waals surface area contributed by atoms with Crippen molar-refractivity contribution in [3.05, 3.63) is 27.7 Å². The zero-order chi connectivity index (χ0) is 12.1. The Morgan fingerprint density at radius 3 is 2.75 bits per heavy atom. The molecule has 0 N–H and O–H groups in total. The summed E-state index contributed by atoms with van der Waals surface area (Å²) in [5, 5.41) is 10.2. The fraction of sp³-hybridized carbons (Fsp3) is 0.200. The quantitative estimate of drug-likeness (QED) is 0.613.